The first-order valence-electron chi connectivity index (χ1n) is 10.8. The van der Waals surface area contributed by atoms with Crippen LogP contribution in [0, 0.1) is 0 Å². The number of nitrogen functional groups attached to an aromatic ring is 1. The predicted molar refractivity (Wildman–Crippen MR) is 123 cm³/mol. The number of rotatable bonds is 6. The van der Waals surface area contributed by atoms with Gasteiger partial charge in [-0.1, -0.05) is 25.0 Å². The molecule has 158 valence electrons. The lowest BCUT2D eigenvalue weighted by Gasteiger charge is -2.19. The van der Waals surface area contributed by atoms with Gasteiger partial charge in [-0.15, -0.1) is 0 Å². The molecule has 30 heavy (non-hydrogen) atoms. The Labute approximate surface area is 177 Å². The van der Waals surface area contributed by atoms with Crippen molar-refractivity contribution in [2.75, 3.05) is 24.2 Å². The zero-order valence-corrected chi connectivity index (χ0v) is 17.7. The molecule has 4 rings (SSSR count). The molecule has 0 aliphatic heterocycles. The number of amides is 2. The van der Waals surface area contributed by atoms with Crippen molar-refractivity contribution in [3.63, 3.8) is 0 Å². The van der Waals surface area contributed by atoms with Crippen LogP contribution >= 0.6 is 0 Å². The third-order valence-electron chi connectivity index (χ3n) is 5.77. The van der Waals surface area contributed by atoms with Crippen LogP contribution in [0.1, 0.15) is 45.6 Å². The summed E-state index contributed by atoms with van der Waals surface area (Å²) in [6.45, 7) is 5.12. The van der Waals surface area contributed by atoms with E-state index in [0.29, 0.717) is 19.2 Å². The summed E-state index contributed by atoms with van der Waals surface area (Å²) < 4.78 is 8.17. The summed E-state index contributed by atoms with van der Waals surface area (Å²) in [7, 11) is 0. The van der Waals surface area contributed by atoms with E-state index < -0.39 is 0 Å². The van der Waals surface area contributed by atoms with E-state index in [1.807, 2.05) is 44.2 Å². The van der Waals surface area contributed by atoms with E-state index in [0.717, 1.165) is 52.1 Å². The molecule has 6 heteroatoms. The second-order valence-electron chi connectivity index (χ2n) is 7.74. The number of hydrogen-bond donors (Lipinski definition) is 3. The van der Waals surface area contributed by atoms with E-state index in [9.17, 15) is 4.79 Å². The standard InChI is InChI=1S/C24H30N4O2/c1-3-26-24(29)27-17-11-9-16(10-12-17)23-22(25)20-14-13-19(30-4-2)15-21(20)28(23)18-7-5-6-8-18/h9-15,18H,3-8,25H2,1-2H3,(H2,26,27,29). The number of nitrogens with two attached hydrogens (primary N) is 1. The van der Waals surface area contributed by atoms with Gasteiger partial charge >= 0.3 is 6.03 Å². The molecule has 0 spiro atoms. The number of benzene rings is 2. The SMILES string of the molecule is CCNC(=O)Nc1ccc(-c2c(N)c3ccc(OCC)cc3n2C2CCCC2)cc1. The summed E-state index contributed by atoms with van der Waals surface area (Å²) in [5, 5.41) is 6.65. The van der Waals surface area contributed by atoms with Crippen molar-refractivity contribution in [1.29, 1.82) is 0 Å². The molecule has 3 aromatic rings. The minimum Gasteiger partial charge on any atom is -0.494 e. The molecule has 0 saturated heterocycles. The average Bonchev–Trinajstić information content (AvgIpc) is 3.35. The summed E-state index contributed by atoms with van der Waals surface area (Å²) >= 11 is 0. The van der Waals surface area contributed by atoms with Gasteiger partial charge in [-0.05, 0) is 51.0 Å². The lowest BCUT2D eigenvalue weighted by atomic mass is 10.1. The first kappa shape index (κ1) is 20.1. The summed E-state index contributed by atoms with van der Waals surface area (Å²) in [6, 6.07) is 14.3. The van der Waals surface area contributed by atoms with Crippen molar-refractivity contribution in [2.45, 2.75) is 45.6 Å². The van der Waals surface area contributed by atoms with Crippen molar-refractivity contribution in [2.24, 2.45) is 0 Å². The molecule has 1 saturated carbocycles. The lowest BCUT2D eigenvalue weighted by Crippen LogP contribution is -2.28. The summed E-state index contributed by atoms with van der Waals surface area (Å²) in [5.74, 6) is 0.870. The van der Waals surface area contributed by atoms with Gasteiger partial charge in [0.05, 0.1) is 23.5 Å². The van der Waals surface area contributed by atoms with E-state index in [-0.39, 0.29) is 6.03 Å². The van der Waals surface area contributed by atoms with Crippen LogP contribution in [0.3, 0.4) is 0 Å². The fourth-order valence-corrected chi connectivity index (χ4v) is 4.46. The molecule has 1 aromatic heterocycles. The summed E-state index contributed by atoms with van der Waals surface area (Å²) in [5.41, 5.74) is 11.5. The molecule has 1 aliphatic rings. The molecule has 1 aliphatic carbocycles. The quantitative estimate of drug-likeness (QED) is 0.502. The molecule has 0 unspecified atom stereocenters. The van der Waals surface area contributed by atoms with Crippen molar-refractivity contribution < 1.29 is 9.53 Å². The molecule has 6 nitrogen and oxygen atoms in total. The van der Waals surface area contributed by atoms with Crippen LogP contribution in [0.25, 0.3) is 22.2 Å². The second-order valence-corrected chi connectivity index (χ2v) is 7.74. The Morgan fingerprint density at radius 2 is 1.87 bits per heavy atom. The Morgan fingerprint density at radius 3 is 2.53 bits per heavy atom. The Kier molecular flexibility index (Phi) is 5.84. The van der Waals surface area contributed by atoms with Crippen molar-refractivity contribution in [3.8, 4) is 17.0 Å². The van der Waals surface area contributed by atoms with Crippen LogP contribution < -0.4 is 21.1 Å². The maximum absolute atomic E-state index is 11.8. The topological polar surface area (TPSA) is 81.3 Å². The molecule has 0 atom stereocenters. The number of ether oxygens (including phenoxy) is 1. The number of aromatic nitrogens is 1. The first-order valence-corrected chi connectivity index (χ1v) is 10.8. The number of hydrogen-bond acceptors (Lipinski definition) is 3. The van der Waals surface area contributed by atoms with Gasteiger partial charge in [-0.2, -0.15) is 0 Å². The molecule has 2 amide bonds. The molecule has 4 N–H and O–H groups in total. The van der Waals surface area contributed by atoms with Gasteiger partial charge < -0.3 is 25.7 Å². The smallest absolute Gasteiger partial charge is 0.319 e. The number of carbonyl (C=O) groups excluding carboxylic acids is 1. The van der Waals surface area contributed by atoms with Crippen LogP contribution in [-0.2, 0) is 0 Å². The molecular weight excluding hydrogens is 376 g/mol. The van der Waals surface area contributed by atoms with E-state index in [1.54, 1.807) is 0 Å². The van der Waals surface area contributed by atoms with Gasteiger partial charge in [0.1, 0.15) is 5.75 Å². The van der Waals surface area contributed by atoms with Crippen LogP contribution in [-0.4, -0.2) is 23.7 Å². The molecule has 0 bridgehead atoms. The number of nitrogens with zero attached hydrogens (tertiary/aromatic N) is 1. The molecule has 1 fully saturated rings. The number of anilines is 2. The second kappa shape index (κ2) is 8.69. The third-order valence-corrected chi connectivity index (χ3v) is 5.77. The highest BCUT2D eigenvalue weighted by Gasteiger charge is 2.25. The van der Waals surface area contributed by atoms with E-state index >= 15 is 0 Å². The third kappa shape index (κ3) is 3.82. The Balaban J connectivity index is 1.78. The highest BCUT2D eigenvalue weighted by molar-refractivity contribution is 6.01. The van der Waals surface area contributed by atoms with Crippen LogP contribution in [0.15, 0.2) is 42.5 Å². The van der Waals surface area contributed by atoms with E-state index in [1.165, 1.54) is 12.8 Å². The molecule has 1 heterocycles. The van der Waals surface area contributed by atoms with Crippen molar-refractivity contribution >= 4 is 28.3 Å². The average molecular weight is 407 g/mol. The Hall–Kier alpha value is -3.15. The zero-order valence-electron chi connectivity index (χ0n) is 17.7. The highest BCUT2D eigenvalue weighted by atomic mass is 16.5. The number of carbonyl (C=O) groups is 1. The molecule has 0 radical (unpaired) electrons. The van der Waals surface area contributed by atoms with E-state index in [2.05, 4.69) is 27.3 Å². The number of nitrogens with one attached hydrogen (secondary N) is 2. The predicted octanol–water partition coefficient (Wildman–Crippen LogP) is 5.55. The number of fused-ring (bicyclic) bond motifs is 1. The minimum atomic E-state index is -0.201. The fourth-order valence-electron chi connectivity index (χ4n) is 4.46. The van der Waals surface area contributed by atoms with Gasteiger partial charge in [-0.25, -0.2) is 4.79 Å². The van der Waals surface area contributed by atoms with Crippen LogP contribution in [0.5, 0.6) is 5.75 Å². The van der Waals surface area contributed by atoms with Gasteiger partial charge in [0.15, 0.2) is 0 Å². The Bertz CT molecular complexity index is 1030. The van der Waals surface area contributed by atoms with Crippen molar-refractivity contribution in [3.05, 3.63) is 42.5 Å². The van der Waals surface area contributed by atoms with Gasteiger partial charge in [0.2, 0.25) is 0 Å². The largest absolute Gasteiger partial charge is 0.494 e. The summed E-state index contributed by atoms with van der Waals surface area (Å²) in [4.78, 5) is 11.8. The monoisotopic (exact) mass is 406 g/mol. The normalized spacial score (nSPS) is 14.2. The lowest BCUT2D eigenvalue weighted by molar-refractivity contribution is 0.252. The molecular formula is C24H30N4O2. The maximum atomic E-state index is 11.8. The number of urea groups is 1. The van der Waals surface area contributed by atoms with Crippen LogP contribution in [0.2, 0.25) is 0 Å². The van der Waals surface area contributed by atoms with Crippen molar-refractivity contribution in [1.82, 2.24) is 9.88 Å². The highest BCUT2D eigenvalue weighted by Crippen LogP contribution is 2.43. The molecule has 2 aromatic carbocycles. The van der Waals surface area contributed by atoms with Gasteiger partial charge in [0, 0.05) is 35.3 Å². The van der Waals surface area contributed by atoms with Gasteiger partial charge in [0.25, 0.3) is 0 Å². The minimum absolute atomic E-state index is 0.201. The summed E-state index contributed by atoms with van der Waals surface area (Å²) in [6.07, 6.45) is 4.80. The van der Waals surface area contributed by atoms with E-state index in [4.69, 9.17) is 10.5 Å². The zero-order chi connectivity index (χ0) is 21.1. The van der Waals surface area contributed by atoms with Crippen LogP contribution in [0.4, 0.5) is 16.2 Å². The fraction of sp³-hybridized carbons (Fsp3) is 0.375. The maximum Gasteiger partial charge on any atom is 0.319 e. The van der Waals surface area contributed by atoms with Gasteiger partial charge in [-0.3, -0.25) is 0 Å². The Morgan fingerprint density at radius 1 is 1.13 bits per heavy atom. The first-order chi connectivity index (χ1) is 14.6.